The number of urea groups is 1. The Morgan fingerprint density at radius 1 is 1.19 bits per heavy atom. The first-order valence-corrected chi connectivity index (χ1v) is 10.3. The fraction of sp³-hybridized carbons (Fsp3) is 0.421. The van der Waals surface area contributed by atoms with Crippen LogP contribution in [-0.2, 0) is 0 Å². The molecule has 1 fully saturated rings. The fourth-order valence-electron chi connectivity index (χ4n) is 3.60. The van der Waals surface area contributed by atoms with E-state index in [-0.39, 0.29) is 18.1 Å². The van der Waals surface area contributed by atoms with Crippen molar-refractivity contribution in [1.29, 1.82) is 0 Å². The van der Waals surface area contributed by atoms with E-state index in [0.29, 0.717) is 10.7 Å². The second kappa shape index (κ2) is 8.86. The standard InChI is InChI=1S/C19H25ClN4OS/c1-14(21-19(25)22-16-6-3-5-15(20)13-16)18(17-7-4-12-26-17)24-10-8-23(2)9-11-24/h3-7,12-14,18H,8-11H2,1-2H3,(H2,21,22,25)/p+2/t14-,18-/m0/s1. The normalized spacial score (nSPS) is 22.4. The van der Waals surface area contributed by atoms with Crippen molar-refractivity contribution < 1.29 is 14.6 Å². The van der Waals surface area contributed by atoms with Gasteiger partial charge in [0.2, 0.25) is 0 Å². The van der Waals surface area contributed by atoms with Gasteiger partial charge in [-0.3, -0.25) is 0 Å². The lowest BCUT2D eigenvalue weighted by Gasteiger charge is -2.35. The summed E-state index contributed by atoms with van der Waals surface area (Å²) in [7, 11) is 2.25. The number of piperazine rings is 1. The van der Waals surface area contributed by atoms with E-state index in [4.69, 9.17) is 11.6 Å². The first-order chi connectivity index (χ1) is 12.5. The van der Waals surface area contributed by atoms with Gasteiger partial charge in [0.25, 0.3) is 0 Å². The topological polar surface area (TPSA) is 50.0 Å². The van der Waals surface area contributed by atoms with Crippen molar-refractivity contribution in [2.45, 2.75) is 19.0 Å². The zero-order valence-corrected chi connectivity index (χ0v) is 16.8. The molecule has 2 aromatic rings. The number of carbonyl (C=O) groups excluding carboxylic acids is 1. The minimum Gasteiger partial charge on any atom is -0.329 e. The molecule has 4 N–H and O–H groups in total. The Kier molecular flexibility index (Phi) is 6.53. The number of anilines is 1. The predicted octanol–water partition coefficient (Wildman–Crippen LogP) is 1.07. The van der Waals surface area contributed by atoms with Gasteiger partial charge in [-0.15, -0.1) is 11.3 Å². The van der Waals surface area contributed by atoms with E-state index in [9.17, 15) is 4.79 Å². The molecular weight excluding hydrogens is 368 g/mol. The summed E-state index contributed by atoms with van der Waals surface area (Å²) in [4.78, 5) is 16.9. The fourth-order valence-corrected chi connectivity index (χ4v) is 4.78. The third kappa shape index (κ3) is 4.98. The Balaban J connectivity index is 1.67. The lowest BCUT2D eigenvalue weighted by atomic mass is 10.1. The molecule has 1 aliphatic heterocycles. The van der Waals surface area contributed by atoms with Crippen LogP contribution < -0.4 is 20.4 Å². The molecule has 0 unspecified atom stereocenters. The van der Waals surface area contributed by atoms with Gasteiger partial charge in [-0.25, -0.2) is 4.79 Å². The maximum absolute atomic E-state index is 12.5. The van der Waals surface area contributed by atoms with E-state index in [1.807, 2.05) is 12.1 Å². The summed E-state index contributed by atoms with van der Waals surface area (Å²) in [6.07, 6.45) is 0. The van der Waals surface area contributed by atoms with Crippen molar-refractivity contribution in [2.24, 2.45) is 0 Å². The van der Waals surface area contributed by atoms with Crippen LogP contribution in [0, 0.1) is 0 Å². The predicted molar refractivity (Wildman–Crippen MR) is 107 cm³/mol. The highest BCUT2D eigenvalue weighted by atomic mass is 35.5. The van der Waals surface area contributed by atoms with E-state index < -0.39 is 0 Å². The molecule has 26 heavy (non-hydrogen) atoms. The lowest BCUT2D eigenvalue weighted by Crippen LogP contribution is -3.27. The van der Waals surface area contributed by atoms with Gasteiger partial charge in [0.15, 0.2) is 0 Å². The molecule has 2 atom stereocenters. The molecule has 2 heterocycles. The van der Waals surface area contributed by atoms with Crippen molar-refractivity contribution in [2.75, 3.05) is 38.5 Å². The largest absolute Gasteiger partial charge is 0.329 e. The van der Waals surface area contributed by atoms with Crippen molar-refractivity contribution in [3.63, 3.8) is 0 Å². The average Bonchev–Trinajstić information content (AvgIpc) is 3.11. The quantitative estimate of drug-likeness (QED) is 0.602. The molecule has 1 aromatic carbocycles. The highest BCUT2D eigenvalue weighted by Crippen LogP contribution is 2.20. The van der Waals surface area contributed by atoms with Gasteiger partial charge in [0.05, 0.1) is 18.0 Å². The number of likely N-dealkylation sites (N-methyl/N-ethyl adjacent to an activating group) is 1. The second-order valence-corrected chi connectivity index (χ2v) is 8.42. The highest BCUT2D eigenvalue weighted by molar-refractivity contribution is 7.10. The molecule has 2 amide bonds. The molecule has 3 rings (SSSR count). The van der Waals surface area contributed by atoms with Crippen molar-refractivity contribution >= 4 is 34.7 Å². The molecule has 1 aliphatic rings. The van der Waals surface area contributed by atoms with E-state index >= 15 is 0 Å². The monoisotopic (exact) mass is 394 g/mol. The molecule has 0 aliphatic carbocycles. The van der Waals surface area contributed by atoms with E-state index in [1.54, 1.807) is 33.3 Å². The number of benzene rings is 1. The minimum atomic E-state index is -0.194. The summed E-state index contributed by atoms with van der Waals surface area (Å²) in [6, 6.07) is 11.6. The van der Waals surface area contributed by atoms with Crippen LogP contribution in [0.5, 0.6) is 0 Å². The molecule has 0 saturated carbocycles. The molecule has 0 radical (unpaired) electrons. The summed E-state index contributed by atoms with van der Waals surface area (Å²) >= 11 is 7.76. The summed E-state index contributed by atoms with van der Waals surface area (Å²) in [5.74, 6) is 0. The van der Waals surface area contributed by atoms with E-state index in [1.165, 1.54) is 18.0 Å². The number of quaternary nitrogens is 2. The Morgan fingerprint density at radius 3 is 2.62 bits per heavy atom. The number of hydrogen-bond donors (Lipinski definition) is 4. The third-order valence-electron chi connectivity index (χ3n) is 4.98. The van der Waals surface area contributed by atoms with Crippen LogP contribution in [0.4, 0.5) is 10.5 Å². The number of halogens is 1. The zero-order chi connectivity index (χ0) is 18.5. The van der Waals surface area contributed by atoms with E-state index in [0.717, 1.165) is 13.1 Å². The van der Waals surface area contributed by atoms with Gasteiger partial charge in [-0.05, 0) is 36.6 Å². The van der Waals surface area contributed by atoms with Gasteiger partial charge < -0.3 is 20.4 Å². The number of amides is 2. The third-order valence-corrected chi connectivity index (χ3v) is 6.17. The lowest BCUT2D eigenvalue weighted by molar-refractivity contribution is -1.02. The Bertz CT molecular complexity index is 716. The highest BCUT2D eigenvalue weighted by Gasteiger charge is 2.34. The van der Waals surface area contributed by atoms with Gasteiger partial charge in [-0.1, -0.05) is 23.7 Å². The van der Waals surface area contributed by atoms with E-state index in [2.05, 4.69) is 42.1 Å². The molecule has 5 nitrogen and oxygen atoms in total. The Labute approximate surface area is 163 Å². The summed E-state index contributed by atoms with van der Waals surface area (Å²) in [6.45, 7) is 6.67. The molecule has 0 bridgehead atoms. The minimum absolute atomic E-state index is 0.0289. The van der Waals surface area contributed by atoms with Crippen LogP contribution in [0.2, 0.25) is 5.02 Å². The summed E-state index contributed by atoms with van der Waals surface area (Å²) in [5.41, 5.74) is 0.699. The first-order valence-electron chi connectivity index (χ1n) is 9.05. The Hall–Kier alpha value is -1.60. The summed E-state index contributed by atoms with van der Waals surface area (Å²) in [5, 5.41) is 8.73. The zero-order valence-electron chi connectivity index (χ0n) is 15.2. The first kappa shape index (κ1) is 19.2. The van der Waals surface area contributed by atoms with Gasteiger partial charge >= 0.3 is 6.03 Å². The number of carbonyl (C=O) groups is 1. The molecule has 1 saturated heterocycles. The smallest absolute Gasteiger partial charge is 0.319 e. The second-order valence-electron chi connectivity index (χ2n) is 7.01. The molecule has 0 spiro atoms. The van der Waals surface area contributed by atoms with Gasteiger partial charge in [0.1, 0.15) is 32.2 Å². The summed E-state index contributed by atoms with van der Waals surface area (Å²) < 4.78 is 0. The number of thiophene rings is 1. The average molecular weight is 395 g/mol. The van der Waals surface area contributed by atoms with Crippen molar-refractivity contribution in [1.82, 2.24) is 5.32 Å². The number of hydrogen-bond acceptors (Lipinski definition) is 2. The van der Waals surface area contributed by atoms with Crippen LogP contribution in [0.15, 0.2) is 41.8 Å². The van der Waals surface area contributed by atoms with Gasteiger partial charge in [-0.2, -0.15) is 0 Å². The Morgan fingerprint density at radius 2 is 1.96 bits per heavy atom. The molecule has 7 heteroatoms. The van der Waals surface area contributed by atoms with Crippen LogP contribution in [0.25, 0.3) is 0 Å². The number of nitrogens with one attached hydrogen (secondary N) is 4. The van der Waals surface area contributed by atoms with Crippen LogP contribution >= 0.6 is 22.9 Å². The van der Waals surface area contributed by atoms with Crippen LogP contribution in [0.1, 0.15) is 17.8 Å². The maximum Gasteiger partial charge on any atom is 0.319 e. The maximum atomic E-state index is 12.5. The van der Waals surface area contributed by atoms with Gasteiger partial charge in [0, 0.05) is 10.7 Å². The number of rotatable bonds is 5. The van der Waals surface area contributed by atoms with Crippen LogP contribution in [-0.4, -0.2) is 45.3 Å². The SMILES string of the molecule is C[C@H](NC(=O)Nc1cccc(Cl)c1)[C@@H](c1cccs1)[NH+]1CC[NH+](C)CC1. The van der Waals surface area contributed by atoms with Crippen molar-refractivity contribution in [3.05, 3.63) is 51.7 Å². The molecular formula is C19H27ClN4OS+2. The molecule has 1 aromatic heterocycles. The molecule has 140 valence electrons. The van der Waals surface area contributed by atoms with Crippen LogP contribution in [0.3, 0.4) is 0 Å². The van der Waals surface area contributed by atoms with Crippen molar-refractivity contribution in [3.8, 4) is 0 Å².